The lowest BCUT2D eigenvalue weighted by atomic mass is 10.1. The first-order chi connectivity index (χ1) is 8.13. The van der Waals surface area contributed by atoms with Gasteiger partial charge >= 0.3 is 0 Å². The Hall–Kier alpha value is -1.09. The van der Waals surface area contributed by atoms with Crippen molar-refractivity contribution >= 4 is 32.7 Å². The lowest BCUT2D eigenvalue weighted by Gasteiger charge is -2.11. The molecule has 0 aliphatic heterocycles. The highest BCUT2D eigenvalue weighted by Crippen LogP contribution is 2.28. The first kappa shape index (κ1) is 12.4. The minimum absolute atomic E-state index is 0.965. The number of benzene rings is 1. The Kier molecular flexibility index (Phi) is 3.67. The van der Waals surface area contributed by atoms with Crippen LogP contribution in [0.4, 0.5) is 5.82 Å². The van der Waals surface area contributed by atoms with Crippen LogP contribution in [0.2, 0.25) is 0 Å². The molecule has 0 saturated carbocycles. The molecule has 2 aromatic rings. The molecule has 1 N–H and O–H groups in total. The number of nitrogens with zero attached hydrogens (tertiary/aromatic N) is 1. The molecule has 0 fully saturated rings. The fourth-order valence-corrected chi connectivity index (χ4v) is 2.32. The van der Waals surface area contributed by atoms with E-state index in [0.29, 0.717) is 0 Å². The first-order valence-corrected chi connectivity index (χ1v) is 6.73. The van der Waals surface area contributed by atoms with Crippen LogP contribution in [0, 0.1) is 13.8 Å². The van der Waals surface area contributed by atoms with Crippen LogP contribution in [0.15, 0.2) is 22.7 Å². The summed E-state index contributed by atoms with van der Waals surface area (Å²) in [6.07, 6.45) is 1.11. The normalized spacial score (nSPS) is 10.8. The number of hydrogen-bond donors (Lipinski definition) is 1. The van der Waals surface area contributed by atoms with Crippen LogP contribution in [0.1, 0.15) is 24.5 Å². The van der Waals surface area contributed by atoms with E-state index >= 15 is 0 Å². The summed E-state index contributed by atoms with van der Waals surface area (Å²) < 4.78 is 1.11. The maximum absolute atomic E-state index is 4.73. The molecule has 0 aliphatic rings. The molecular formula is C14H17BrN2. The van der Waals surface area contributed by atoms with Gasteiger partial charge in [-0.15, -0.1) is 0 Å². The molecular weight excluding hydrogens is 276 g/mol. The average molecular weight is 293 g/mol. The molecule has 0 unspecified atom stereocenters. The van der Waals surface area contributed by atoms with Crippen LogP contribution >= 0.6 is 15.9 Å². The highest BCUT2D eigenvalue weighted by molar-refractivity contribution is 9.10. The maximum atomic E-state index is 4.73. The predicted molar refractivity (Wildman–Crippen MR) is 77.7 cm³/mol. The summed E-state index contributed by atoms with van der Waals surface area (Å²) in [6, 6.07) is 6.37. The Labute approximate surface area is 111 Å². The Balaban J connectivity index is 2.59. The van der Waals surface area contributed by atoms with Crippen molar-refractivity contribution in [2.45, 2.75) is 27.2 Å². The Morgan fingerprint density at radius 1 is 1.24 bits per heavy atom. The number of hydrogen-bond acceptors (Lipinski definition) is 2. The average Bonchev–Trinajstić information content (AvgIpc) is 2.32. The summed E-state index contributed by atoms with van der Waals surface area (Å²) in [7, 11) is 0. The molecule has 0 spiro atoms. The maximum Gasteiger partial charge on any atom is 0.129 e. The number of anilines is 1. The summed E-state index contributed by atoms with van der Waals surface area (Å²) in [4.78, 5) is 4.73. The van der Waals surface area contributed by atoms with E-state index in [0.717, 1.165) is 28.8 Å². The largest absolute Gasteiger partial charge is 0.370 e. The molecule has 1 aromatic carbocycles. The van der Waals surface area contributed by atoms with Crippen molar-refractivity contribution in [1.82, 2.24) is 4.98 Å². The lowest BCUT2D eigenvalue weighted by Crippen LogP contribution is -2.04. The van der Waals surface area contributed by atoms with Gasteiger partial charge in [0, 0.05) is 16.4 Å². The molecule has 0 amide bonds. The number of fused-ring (bicyclic) bond motifs is 1. The van der Waals surface area contributed by atoms with Crippen LogP contribution in [0.5, 0.6) is 0 Å². The Morgan fingerprint density at radius 3 is 2.71 bits per heavy atom. The standard InChI is InChI=1S/C14H17BrN2/c1-4-7-16-14-10(3)8-11-12(15)6-5-9(2)13(11)17-14/h5-6,8H,4,7H2,1-3H3,(H,16,17). The second-order valence-corrected chi connectivity index (χ2v) is 5.20. The van der Waals surface area contributed by atoms with E-state index in [1.165, 1.54) is 16.5 Å². The fourth-order valence-electron chi connectivity index (χ4n) is 1.89. The highest BCUT2D eigenvalue weighted by atomic mass is 79.9. The van der Waals surface area contributed by atoms with Gasteiger partial charge in [-0.3, -0.25) is 0 Å². The third-order valence-corrected chi connectivity index (χ3v) is 3.56. The topological polar surface area (TPSA) is 24.9 Å². The second kappa shape index (κ2) is 5.05. The van der Waals surface area contributed by atoms with E-state index in [-0.39, 0.29) is 0 Å². The number of aromatic nitrogens is 1. The van der Waals surface area contributed by atoms with Gasteiger partial charge in [0.05, 0.1) is 5.52 Å². The van der Waals surface area contributed by atoms with E-state index in [9.17, 15) is 0 Å². The molecule has 1 aromatic heterocycles. The quantitative estimate of drug-likeness (QED) is 0.905. The molecule has 0 bridgehead atoms. The van der Waals surface area contributed by atoms with Crippen LogP contribution in [0.25, 0.3) is 10.9 Å². The summed E-state index contributed by atoms with van der Waals surface area (Å²) in [6.45, 7) is 7.32. The van der Waals surface area contributed by atoms with E-state index in [1.807, 2.05) is 0 Å². The van der Waals surface area contributed by atoms with Crippen molar-refractivity contribution in [2.24, 2.45) is 0 Å². The zero-order chi connectivity index (χ0) is 12.4. The zero-order valence-electron chi connectivity index (χ0n) is 10.5. The Morgan fingerprint density at radius 2 is 2.00 bits per heavy atom. The van der Waals surface area contributed by atoms with Crippen LogP contribution in [-0.4, -0.2) is 11.5 Å². The van der Waals surface area contributed by atoms with Gasteiger partial charge in [0.1, 0.15) is 5.82 Å². The van der Waals surface area contributed by atoms with Crippen molar-refractivity contribution in [3.05, 3.63) is 33.8 Å². The van der Waals surface area contributed by atoms with Crippen molar-refractivity contribution < 1.29 is 0 Å². The molecule has 3 heteroatoms. The van der Waals surface area contributed by atoms with E-state index in [4.69, 9.17) is 4.98 Å². The van der Waals surface area contributed by atoms with Crippen LogP contribution in [0.3, 0.4) is 0 Å². The van der Waals surface area contributed by atoms with Crippen molar-refractivity contribution in [2.75, 3.05) is 11.9 Å². The molecule has 2 nitrogen and oxygen atoms in total. The monoisotopic (exact) mass is 292 g/mol. The third kappa shape index (κ3) is 2.44. The number of halogens is 1. The second-order valence-electron chi connectivity index (χ2n) is 4.34. The molecule has 0 atom stereocenters. The number of nitrogens with one attached hydrogen (secondary N) is 1. The molecule has 0 saturated heterocycles. The van der Waals surface area contributed by atoms with Gasteiger partial charge in [0.25, 0.3) is 0 Å². The van der Waals surface area contributed by atoms with Gasteiger partial charge in [-0.25, -0.2) is 4.98 Å². The van der Waals surface area contributed by atoms with Crippen molar-refractivity contribution in [3.8, 4) is 0 Å². The van der Waals surface area contributed by atoms with E-state index < -0.39 is 0 Å². The Bertz CT molecular complexity index is 549. The fraction of sp³-hybridized carbons (Fsp3) is 0.357. The first-order valence-electron chi connectivity index (χ1n) is 5.93. The summed E-state index contributed by atoms with van der Waals surface area (Å²) in [5.74, 6) is 1.00. The van der Waals surface area contributed by atoms with Crippen LogP contribution < -0.4 is 5.32 Å². The molecule has 0 radical (unpaired) electrons. The van der Waals surface area contributed by atoms with E-state index in [1.54, 1.807) is 0 Å². The number of rotatable bonds is 3. The third-order valence-electron chi connectivity index (χ3n) is 2.87. The van der Waals surface area contributed by atoms with Gasteiger partial charge in [0.15, 0.2) is 0 Å². The van der Waals surface area contributed by atoms with Gasteiger partial charge in [-0.1, -0.05) is 28.9 Å². The van der Waals surface area contributed by atoms with Gasteiger partial charge in [0.2, 0.25) is 0 Å². The molecule has 1 heterocycles. The van der Waals surface area contributed by atoms with Crippen molar-refractivity contribution in [1.29, 1.82) is 0 Å². The van der Waals surface area contributed by atoms with E-state index in [2.05, 4.69) is 60.2 Å². The minimum atomic E-state index is 0.965. The van der Waals surface area contributed by atoms with Gasteiger partial charge < -0.3 is 5.32 Å². The smallest absolute Gasteiger partial charge is 0.129 e. The minimum Gasteiger partial charge on any atom is -0.370 e. The SMILES string of the molecule is CCCNc1nc2c(C)ccc(Br)c2cc1C. The summed E-state index contributed by atoms with van der Waals surface area (Å²) in [5, 5.41) is 4.56. The summed E-state index contributed by atoms with van der Waals surface area (Å²) in [5.41, 5.74) is 3.48. The lowest BCUT2D eigenvalue weighted by molar-refractivity contribution is 0.968. The molecule has 0 aliphatic carbocycles. The predicted octanol–water partition coefficient (Wildman–Crippen LogP) is 4.44. The van der Waals surface area contributed by atoms with Crippen LogP contribution in [-0.2, 0) is 0 Å². The molecule has 17 heavy (non-hydrogen) atoms. The number of aryl methyl sites for hydroxylation is 2. The van der Waals surface area contributed by atoms with Gasteiger partial charge in [-0.2, -0.15) is 0 Å². The molecule has 90 valence electrons. The zero-order valence-corrected chi connectivity index (χ0v) is 12.1. The highest BCUT2D eigenvalue weighted by Gasteiger charge is 2.07. The number of pyridine rings is 1. The molecule has 2 rings (SSSR count). The van der Waals surface area contributed by atoms with Gasteiger partial charge in [-0.05, 0) is 43.5 Å². The summed E-state index contributed by atoms with van der Waals surface area (Å²) >= 11 is 3.58. The van der Waals surface area contributed by atoms with Crippen molar-refractivity contribution in [3.63, 3.8) is 0 Å².